The van der Waals surface area contributed by atoms with Crippen molar-refractivity contribution < 1.29 is 4.79 Å². The van der Waals surface area contributed by atoms with E-state index in [1.54, 1.807) is 0 Å². The van der Waals surface area contributed by atoms with Crippen molar-refractivity contribution in [1.82, 2.24) is 10.2 Å². The summed E-state index contributed by atoms with van der Waals surface area (Å²) in [5.74, 6) is 0.782. The van der Waals surface area contributed by atoms with Gasteiger partial charge in [0.1, 0.15) is 0 Å². The third-order valence-electron chi connectivity index (χ3n) is 2.53. The maximum atomic E-state index is 11.3. The van der Waals surface area contributed by atoms with Crippen molar-refractivity contribution in [3.63, 3.8) is 0 Å². The molecule has 1 saturated carbocycles. The lowest BCUT2D eigenvalue weighted by Crippen LogP contribution is -2.59. The number of likely N-dealkylation sites (tertiary alicyclic amines) is 1. The summed E-state index contributed by atoms with van der Waals surface area (Å²) >= 11 is 0. The van der Waals surface area contributed by atoms with Crippen molar-refractivity contribution in [1.29, 1.82) is 0 Å². The SMILES string of the molecule is CNC1CN(C(=O)C2CC2)C1.Cl. The van der Waals surface area contributed by atoms with Gasteiger partial charge in [0.25, 0.3) is 0 Å². The molecule has 12 heavy (non-hydrogen) atoms. The van der Waals surface area contributed by atoms with Gasteiger partial charge in [-0.05, 0) is 19.9 Å². The molecule has 2 aliphatic rings. The zero-order valence-electron chi connectivity index (χ0n) is 7.25. The highest BCUT2D eigenvalue weighted by Crippen LogP contribution is 2.32. The number of halogens is 1. The number of rotatable bonds is 2. The predicted octanol–water partition coefficient (Wildman–Crippen LogP) is 0.248. The molecule has 0 spiro atoms. The Labute approximate surface area is 78.9 Å². The molecule has 1 amide bonds. The van der Waals surface area contributed by atoms with Crippen LogP contribution in [-0.4, -0.2) is 37.0 Å². The summed E-state index contributed by atoms with van der Waals surface area (Å²) in [6.07, 6.45) is 2.25. The maximum Gasteiger partial charge on any atom is 0.225 e. The standard InChI is InChI=1S/C8H14N2O.ClH/c1-9-7-4-10(5-7)8(11)6-2-3-6;/h6-7,9H,2-5H2,1H3;1H. The Morgan fingerprint density at radius 2 is 2.00 bits per heavy atom. The van der Waals surface area contributed by atoms with Crippen molar-refractivity contribution in [2.24, 2.45) is 5.92 Å². The summed E-state index contributed by atoms with van der Waals surface area (Å²) < 4.78 is 0. The highest BCUT2D eigenvalue weighted by molar-refractivity contribution is 5.85. The van der Waals surface area contributed by atoms with E-state index in [0.717, 1.165) is 25.9 Å². The minimum Gasteiger partial charge on any atom is -0.339 e. The van der Waals surface area contributed by atoms with Gasteiger partial charge in [-0.3, -0.25) is 4.79 Å². The Morgan fingerprint density at radius 3 is 2.42 bits per heavy atom. The lowest BCUT2D eigenvalue weighted by molar-refractivity contribution is -0.137. The van der Waals surface area contributed by atoms with Crippen LogP contribution in [0.25, 0.3) is 0 Å². The maximum absolute atomic E-state index is 11.3. The largest absolute Gasteiger partial charge is 0.339 e. The Bertz CT molecular complexity index is 176. The Kier molecular flexibility index (Phi) is 2.96. The van der Waals surface area contributed by atoms with Crippen molar-refractivity contribution in [3.8, 4) is 0 Å². The first kappa shape index (κ1) is 9.81. The second-order valence-electron chi connectivity index (χ2n) is 3.50. The highest BCUT2D eigenvalue weighted by atomic mass is 35.5. The second-order valence-corrected chi connectivity index (χ2v) is 3.50. The van der Waals surface area contributed by atoms with E-state index in [-0.39, 0.29) is 12.4 Å². The first-order valence-electron chi connectivity index (χ1n) is 4.27. The molecule has 70 valence electrons. The van der Waals surface area contributed by atoms with Crippen LogP contribution in [0.5, 0.6) is 0 Å². The number of carbonyl (C=O) groups excluding carboxylic acids is 1. The molecule has 0 aromatic heterocycles. The number of hydrogen-bond acceptors (Lipinski definition) is 2. The molecule has 2 rings (SSSR count). The number of amides is 1. The van der Waals surface area contributed by atoms with Crippen molar-refractivity contribution in [3.05, 3.63) is 0 Å². The van der Waals surface area contributed by atoms with E-state index >= 15 is 0 Å². The average Bonchev–Trinajstić information content (AvgIpc) is 2.65. The molecule has 0 aromatic carbocycles. The Morgan fingerprint density at radius 1 is 1.42 bits per heavy atom. The fourth-order valence-corrected chi connectivity index (χ4v) is 1.43. The van der Waals surface area contributed by atoms with Crippen LogP contribution in [0, 0.1) is 5.92 Å². The summed E-state index contributed by atoms with van der Waals surface area (Å²) in [5.41, 5.74) is 0. The normalized spacial score (nSPS) is 22.9. The molecule has 1 aliphatic carbocycles. The Hall–Kier alpha value is -0.280. The Balaban J connectivity index is 0.000000720. The van der Waals surface area contributed by atoms with Crippen molar-refractivity contribution in [2.45, 2.75) is 18.9 Å². The molecule has 4 heteroatoms. The molecule has 1 aliphatic heterocycles. The molecule has 3 nitrogen and oxygen atoms in total. The highest BCUT2D eigenvalue weighted by Gasteiger charge is 2.38. The number of nitrogens with one attached hydrogen (secondary N) is 1. The molecule has 0 aromatic rings. The third-order valence-corrected chi connectivity index (χ3v) is 2.53. The monoisotopic (exact) mass is 190 g/mol. The van der Waals surface area contributed by atoms with Gasteiger partial charge < -0.3 is 10.2 Å². The van der Waals surface area contributed by atoms with Gasteiger partial charge in [0, 0.05) is 25.0 Å². The molecular formula is C8H15ClN2O. The molecule has 2 fully saturated rings. The number of hydrogen-bond donors (Lipinski definition) is 1. The van der Waals surface area contributed by atoms with Crippen LogP contribution in [0.2, 0.25) is 0 Å². The van der Waals surface area contributed by atoms with Gasteiger partial charge >= 0.3 is 0 Å². The van der Waals surface area contributed by atoms with Crippen LogP contribution >= 0.6 is 12.4 Å². The minimum absolute atomic E-state index is 0. The fourth-order valence-electron chi connectivity index (χ4n) is 1.43. The van der Waals surface area contributed by atoms with E-state index in [0.29, 0.717) is 17.9 Å². The van der Waals surface area contributed by atoms with Crippen LogP contribution in [0.4, 0.5) is 0 Å². The van der Waals surface area contributed by atoms with Crippen molar-refractivity contribution in [2.75, 3.05) is 20.1 Å². The van der Waals surface area contributed by atoms with E-state index in [1.807, 2.05) is 11.9 Å². The van der Waals surface area contributed by atoms with E-state index in [1.165, 1.54) is 0 Å². The smallest absolute Gasteiger partial charge is 0.225 e. The van der Waals surface area contributed by atoms with Gasteiger partial charge in [0.05, 0.1) is 0 Å². The first-order valence-corrected chi connectivity index (χ1v) is 4.27. The van der Waals surface area contributed by atoms with Gasteiger partial charge in [0.15, 0.2) is 0 Å². The average molecular weight is 191 g/mol. The van der Waals surface area contributed by atoms with E-state index in [4.69, 9.17) is 0 Å². The van der Waals surface area contributed by atoms with Gasteiger partial charge in [-0.2, -0.15) is 0 Å². The third kappa shape index (κ3) is 1.72. The molecule has 0 atom stereocenters. The van der Waals surface area contributed by atoms with Crippen LogP contribution in [0.15, 0.2) is 0 Å². The number of carbonyl (C=O) groups is 1. The summed E-state index contributed by atoms with van der Waals surface area (Å²) in [4.78, 5) is 13.3. The van der Waals surface area contributed by atoms with Crippen LogP contribution in [0.1, 0.15) is 12.8 Å². The van der Waals surface area contributed by atoms with Crippen molar-refractivity contribution >= 4 is 18.3 Å². The zero-order valence-corrected chi connectivity index (χ0v) is 8.06. The molecule has 1 N–H and O–H groups in total. The second kappa shape index (κ2) is 3.62. The quantitative estimate of drug-likeness (QED) is 0.677. The zero-order chi connectivity index (χ0) is 7.84. The molecule has 1 saturated heterocycles. The lowest BCUT2D eigenvalue weighted by Gasteiger charge is -2.39. The van der Waals surface area contributed by atoms with Crippen LogP contribution in [-0.2, 0) is 4.79 Å². The summed E-state index contributed by atoms with van der Waals surface area (Å²) in [7, 11) is 1.95. The van der Waals surface area contributed by atoms with Gasteiger partial charge in [-0.25, -0.2) is 0 Å². The lowest BCUT2D eigenvalue weighted by atomic mass is 10.1. The van der Waals surface area contributed by atoms with Gasteiger partial charge in [0.2, 0.25) is 5.91 Å². The number of nitrogens with zero attached hydrogens (tertiary/aromatic N) is 1. The molecule has 1 heterocycles. The topological polar surface area (TPSA) is 32.3 Å². The van der Waals surface area contributed by atoms with E-state index in [2.05, 4.69) is 5.32 Å². The molecule has 0 radical (unpaired) electrons. The molecule has 0 unspecified atom stereocenters. The minimum atomic E-state index is 0. The van der Waals surface area contributed by atoms with Crippen LogP contribution in [0.3, 0.4) is 0 Å². The van der Waals surface area contributed by atoms with Crippen LogP contribution < -0.4 is 5.32 Å². The summed E-state index contributed by atoms with van der Waals surface area (Å²) in [6.45, 7) is 1.84. The fraction of sp³-hybridized carbons (Fsp3) is 0.875. The van der Waals surface area contributed by atoms with Gasteiger partial charge in [-0.15, -0.1) is 12.4 Å². The molecule has 0 bridgehead atoms. The van der Waals surface area contributed by atoms with E-state index < -0.39 is 0 Å². The van der Waals surface area contributed by atoms with Gasteiger partial charge in [-0.1, -0.05) is 0 Å². The summed E-state index contributed by atoms with van der Waals surface area (Å²) in [6, 6.07) is 0.553. The predicted molar refractivity (Wildman–Crippen MR) is 49.4 cm³/mol. The first-order chi connectivity index (χ1) is 5.31. The number of likely N-dealkylation sites (N-methyl/N-ethyl adjacent to an activating group) is 1. The summed E-state index contributed by atoms with van der Waals surface area (Å²) in [5, 5.41) is 3.15. The molecular weight excluding hydrogens is 176 g/mol. The van der Waals surface area contributed by atoms with E-state index in [9.17, 15) is 4.79 Å².